The Labute approximate surface area is 147 Å². The summed E-state index contributed by atoms with van der Waals surface area (Å²) in [6.07, 6.45) is -2.04. The number of rotatable bonds is 4. The molecular formula is C18H32O5Si. The molecule has 0 aromatic heterocycles. The highest BCUT2D eigenvalue weighted by atomic mass is 28.3. The molecule has 6 heteroatoms. The normalized spacial score (nSPS) is 14.9. The van der Waals surface area contributed by atoms with Crippen LogP contribution in [0, 0.1) is 11.5 Å². The van der Waals surface area contributed by atoms with Crippen LogP contribution in [-0.2, 0) is 23.8 Å². The first-order valence-electron chi connectivity index (χ1n) is 8.14. The zero-order valence-electron chi connectivity index (χ0n) is 16.7. The van der Waals surface area contributed by atoms with Crippen molar-refractivity contribution in [2.45, 2.75) is 91.5 Å². The van der Waals surface area contributed by atoms with Crippen LogP contribution in [0.5, 0.6) is 0 Å². The molecule has 0 aliphatic rings. The van der Waals surface area contributed by atoms with E-state index in [0.29, 0.717) is 0 Å². The van der Waals surface area contributed by atoms with E-state index in [1.54, 1.807) is 20.8 Å². The summed E-state index contributed by atoms with van der Waals surface area (Å²) < 4.78 is 16.1. The monoisotopic (exact) mass is 356 g/mol. The molecule has 24 heavy (non-hydrogen) atoms. The summed E-state index contributed by atoms with van der Waals surface area (Å²) in [6, 6.07) is 0. The average Bonchev–Trinajstić information content (AvgIpc) is 2.29. The van der Waals surface area contributed by atoms with Gasteiger partial charge < -0.3 is 14.2 Å². The molecular weight excluding hydrogens is 324 g/mol. The summed E-state index contributed by atoms with van der Waals surface area (Å²) in [5.74, 6) is 1.61. The third-order valence-electron chi connectivity index (χ3n) is 2.30. The van der Waals surface area contributed by atoms with E-state index in [2.05, 4.69) is 31.1 Å². The van der Waals surface area contributed by atoms with Crippen LogP contribution in [0.25, 0.3) is 0 Å². The van der Waals surface area contributed by atoms with Gasteiger partial charge >= 0.3 is 11.9 Å². The predicted octanol–water partition coefficient (Wildman–Crippen LogP) is 3.32. The van der Waals surface area contributed by atoms with Gasteiger partial charge in [0, 0.05) is 0 Å². The Morgan fingerprint density at radius 2 is 1.42 bits per heavy atom. The van der Waals surface area contributed by atoms with Crippen LogP contribution in [0.15, 0.2) is 0 Å². The number of carbonyl (C=O) groups excluding carboxylic acids is 2. The first-order valence-corrected chi connectivity index (χ1v) is 11.6. The largest absolute Gasteiger partial charge is 0.457 e. The molecule has 0 amide bonds. The molecule has 0 aliphatic carbocycles. The molecule has 0 spiro atoms. The lowest BCUT2D eigenvalue weighted by molar-refractivity contribution is -0.181. The Morgan fingerprint density at radius 3 is 1.79 bits per heavy atom. The van der Waals surface area contributed by atoms with E-state index >= 15 is 0 Å². The molecule has 0 rings (SSSR count). The molecule has 2 atom stereocenters. The van der Waals surface area contributed by atoms with Gasteiger partial charge in [-0.1, -0.05) is 25.6 Å². The fourth-order valence-corrected chi connectivity index (χ4v) is 2.01. The first-order chi connectivity index (χ1) is 10.5. The minimum atomic E-state index is -1.68. The number of carbonyl (C=O) groups is 2. The second-order valence-corrected chi connectivity index (χ2v) is 13.5. The van der Waals surface area contributed by atoms with Crippen molar-refractivity contribution in [3.8, 4) is 11.5 Å². The third-order valence-corrected chi connectivity index (χ3v) is 3.19. The Morgan fingerprint density at radius 1 is 0.917 bits per heavy atom. The summed E-state index contributed by atoms with van der Waals surface area (Å²) >= 11 is 0. The van der Waals surface area contributed by atoms with Crippen LogP contribution in [0.2, 0.25) is 19.6 Å². The molecule has 0 saturated heterocycles. The lowest BCUT2D eigenvalue weighted by Crippen LogP contribution is -2.39. The minimum Gasteiger partial charge on any atom is -0.457 e. The molecule has 0 aromatic rings. The van der Waals surface area contributed by atoms with Crippen molar-refractivity contribution in [1.82, 2.24) is 0 Å². The summed E-state index contributed by atoms with van der Waals surface area (Å²) in [5.41, 5.74) is 1.91. The number of esters is 2. The van der Waals surface area contributed by atoms with Gasteiger partial charge in [0.1, 0.15) is 13.7 Å². The van der Waals surface area contributed by atoms with Crippen LogP contribution in [-0.4, -0.2) is 43.4 Å². The summed E-state index contributed by atoms with van der Waals surface area (Å²) in [7, 11) is -1.68. The Balaban J connectivity index is 5.11. The fourth-order valence-electron chi connectivity index (χ4n) is 1.44. The molecule has 0 saturated carbocycles. The van der Waals surface area contributed by atoms with Crippen molar-refractivity contribution in [2.75, 3.05) is 0 Å². The standard InChI is InChI=1S/C18H32O5Si/c1-13(15(19)23-18(5,6)7)21-16(20)14(22-17(2,3)4)11-12-24(8,9)10/h13-14H,1-10H3. The number of ether oxygens (including phenoxy) is 3. The van der Waals surface area contributed by atoms with Crippen LogP contribution in [0.1, 0.15) is 48.5 Å². The maximum atomic E-state index is 12.4. The van der Waals surface area contributed by atoms with E-state index in [1.165, 1.54) is 6.92 Å². The lowest BCUT2D eigenvalue weighted by Gasteiger charge is -2.25. The smallest absolute Gasteiger partial charge is 0.348 e. The average molecular weight is 357 g/mol. The molecule has 0 heterocycles. The van der Waals surface area contributed by atoms with Gasteiger partial charge in [-0.15, -0.1) is 5.54 Å². The third kappa shape index (κ3) is 11.2. The van der Waals surface area contributed by atoms with Crippen LogP contribution in [0.3, 0.4) is 0 Å². The van der Waals surface area contributed by atoms with Crippen LogP contribution >= 0.6 is 0 Å². The highest BCUT2D eigenvalue weighted by Crippen LogP contribution is 2.14. The van der Waals surface area contributed by atoms with Crippen molar-refractivity contribution in [3.05, 3.63) is 0 Å². The van der Waals surface area contributed by atoms with E-state index in [4.69, 9.17) is 14.2 Å². The summed E-state index contributed by atoms with van der Waals surface area (Å²) in [4.78, 5) is 24.3. The topological polar surface area (TPSA) is 61.8 Å². The van der Waals surface area contributed by atoms with Crippen LogP contribution < -0.4 is 0 Å². The lowest BCUT2D eigenvalue weighted by atomic mass is 10.2. The highest BCUT2D eigenvalue weighted by Gasteiger charge is 2.30. The van der Waals surface area contributed by atoms with Gasteiger partial charge in [0.05, 0.1) is 5.60 Å². The van der Waals surface area contributed by atoms with E-state index < -0.39 is 43.4 Å². The SMILES string of the molecule is CC(OC(=O)C(C#C[Si](C)(C)C)OC(C)(C)C)C(=O)OC(C)(C)C. The van der Waals surface area contributed by atoms with Crippen molar-refractivity contribution in [3.63, 3.8) is 0 Å². The molecule has 0 bridgehead atoms. The van der Waals surface area contributed by atoms with Crippen molar-refractivity contribution >= 4 is 20.0 Å². The Bertz CT molecular complexity index is 509. The molecule has 0 aromatic carbocycles. The van der Waals surface area contributed by atoms with Gasteiger partial charge in [0.2, 0.25) is 6.10 Å². The maximum Gasteiger partial charge on any atom is 0.348 e. The van der Waals surface area contributed by atoms with Gasteiger partial charge in [0.15, 0.2) is 6.10 Å². The first kappa shape index (κ1) is 22.7. The highest BCUT2D eigenvalue weighted by molar-refractivity contribution is 6.83. The van der Waals surface area contributed by atoms with Crippen molar-refractivity contribution < 1.29 is 23.8 Å². The Kier molecular flexibility index (Phi) is 7.72. The van der Waals surface area contributed by atoms with E-state index in [0.717, 1.165) is 0 Å². The minimum absolute atomic E-state index is 0.563. The number of hydrogen-bond donors (Lipinski definition) is 0. The number of hydrogen-bond acceptors (Lipinski definition) is 5. The van der Waals surface area contributed by atoms with Crippen molar-refractivity contribution in [1.29, 1.82) is 0 Å². The van der Waals surface area contributed by atoms with Gasteiger partial charge in [0.25, 0.3) is 0 Å². The van der Waals surface area contributed by atoms with Gasteiger partial charge in [-0.3, -0.25) is 0 Å². The molecule has 0 aliphatic heterocycles. The van der Waals surface area contributed by atoms with Gasteiger partial charge in [-0.25, -0.2) is 9.59 Å². The van der Waals surface area contributed by atoms with E-state index in [-0.39, 0.29) is 0 Å². The Hall–Kier alpha value is -1.32. The van der Waals surface area contributed by atoms with Gasteiger partial charge in [-0.2, -0.15) is 0 Å². The summed E-state index contributed by atoms with van der Waals surface area (Å²) in [6.45, 7) is 18.5. The predicted molar refractivity (Wildman–Crippen MR) is 97.1 cm³/mol. The second kappa shape index (κ2) is 8.17. The zero-order chi connectivity index (χ0) is 19.3. The van der Waals surface area contributed by atoms with Gasteiger partial charge in [-0.05, 0) is 48.5 Å². The van der Waals surface area contributed by atoms with Crippen LogP contribution in [0.4, 0.5) is 0 Å². The van der Waals surface area contributed by atoms with Crippen molar-refractivity contribution in [2.24, 2.45) is 0 Å². The zero-order valence-corrected chi connectivity index (χ0v) is 17.7. The molecule has 0 N–H and O–H groups in total. The van der Waals surface area contributed by atoms with E-state index in [1.807, 2.05) is 20.8 Å². The molecule has 2 unspecified atom stereocenters. The summed E-state index contributed by atoms with van der Waals surface area (Å²) in [5, 5.41) is 0. The molecule has 5 nitrogen and oxygen atoms in total. The second-order valence-electron chi connectivity index (χ2n) is 8.74. The fraction of sp³-hybridized carbons (Fsp3) is 0.778. The maximum absolute atomic E-state index is 12.4. The molecule has 0 fully saturated rings. The molecule has 0 radical (unpaired) electrons. The molecule has 138 valence electrons. The van der Waals surface area contributed by atoms with E-state index in [9.17, 15) is 9.59 Å². The quantitative estimate of drug-likeness (QED) is 0.439.